The maximum absolute atomic E-state index is 12.7. The number of thioether (sulfide) groups is 1. The molecule has 0 fully saturated rings. The zero-order valence-electron chi connectivity index (χ0n) is 15.3. The van der Waals surface area contributed by atoms with Crippen LogP contribution in [0.15, 0.2) is 52.3 Å². The van der Waals surface area contributed by atoms with Crippen LogP contribution in [0, 0.1) is 10.1 Å². The van der Waals surface area contributed by atoms with Gasteiger partial charge in [0.1, 0.15) is 0 Å². The van der Waals surface area contributed by atoms with Crippen molar-refractivity contribution in [1.29, 1.82) is 0 Å². The average molecular weight is 463 g/mol. The van der Waals surface area contributed by atoms with Crippen molar-refractivity contribution in [2.24, 2.45) is 5.14 Å². The lowest BCUT2D eigenvalue weighted by molar-refractivity contribution is -0.388. The van der Waals surface area contributed by atoms with Crippen molar-refractivity contribution in [3.8, 4) is 0 Å². The summed E-state index contributed by atoms with van der Waals surface area (Å²) < 4.78 is 60.7. The number of nitrogens with two attached hydrogens (primary N) is 1. The second kappa shape index (κ2) is 9.02. The van der Waals surface area contributed by atoms with Crippen LogP contribution in [-0.2, 0) is 21.0 Å². The summed E-state index contributed by atoms with van der Waals surface area (Å²) in [5, 5.41) is 18.7. The molecule has 0 radical (unpaired) electrons. The van der Waals surface area contributed by atoms with Gasteiger partial charge in [-0.3, -0.25) is 14.9 Å². The molecule has 1 unspecified atom stereocenters. The number of rotatable bonds is 7. The highest BCUT2D eigenvalue weighted by atomic mass is 32.2. The number of amides is 1. The summed E-state index contributed by atoms with van der Waals surface area (Å²) in [6.45, 7) is 1.63. The molecule has 30 heavy (non-hydrogen) atoms. The highest BCUT2D eigenvalue weighted by Crippen LogP contribution is 2.36. The zero-order chi connectivity index (χ0) is 22.7. The van der Waals surface area contributed by atoms with Crippen LogP contribution in [0.3, 0.4) is 0 Å². The normalized spacial score (nSPS) is 13.0. The molecule has 162 valence electrons. The predicted molar refractivity (Wildman–Crippen MR) is 103 cm³/mol. The number of nitrogens with zero attached hydrogens (tertiary/aromatic N) is 1. The average Bonchev–Trinajstić information content (AvgIpc) is 2.64. The van der Waals surface area contributed by atoms with Crippen LogP contribution in [-0.4, -0.2) is 25.0 Å². The first kappa shape index (κ1) is 23.6. The number of nitro groups is 1. The highest BCUT2D eigenvalue weighted by Gasteiger charge is 2.33. The minimum Gasteiger partial charge on any atom is -0.349 e. The summed E-state index contributed by atoms with van der Waals surface area (Å²) in [5.41, 5.74) is -1.31. The third kappa shape index (κ3) is 6.18. The fourth-order valence-electron chi connectivity index (χ4n) is 2.41. The van der Waals surface area contributed by atoms with Gasteiger partial charge in [0.15, 0.2) is 0 Å². The molecule has 0 saturated carbocycles. The molecule has 8 nitrogen and oxygen atoms in total. The maximum atomic E-state index is 12.7. The van der Waals surface area contributed by atoms with E-state index in [2.05, 4.69) is 5.32 Å². The van der Waals surface area contributed by atoms with Gasteiger partial charge in [-0.2, -0.15) is 13.2 Å². The number of carbonyl (C=O) groups excluding carboxylic acids is 1. The third-order valence-electron chi connectivity index (χ3n) is 3.93. The van der Waals surface area contributed by atoms with Crippen LogP contribution < -0.4 is 10.5 Å². The first-order chi connectivity index (χ1) is 13.8. The number of benzene rings is 2. The summed E-state index contributed by atoms with van der Waals surface area (Å²) in [6, 6.07) is 7.08. The number of sulfonamides is 1. The maximum Gasteiger partial charge on any atom is 0.416 e. The minimum atomic E-state index is -4.72. The molecule has 1 amide bonds. The molecule has 0 saturated heterocycles. The molecule has 0 aliphatic heterocycles. The van der Waals surface area contributed by atoms with Crippen LogP contribution in [0.5, 0.6) is 0 Å². The first-order valence-electron chi connectivity index (χ1n) is 8.19. The molecule has 1 atom stereocenters. The summed E-state index contributed by atoms with van der Waals surface area (Å²) in [7, 11) is -3.85. The van der Waals surface area contributed by atoms with E-state index in [1.165, 1.54) is 24.3 Å². The van der Waals surface area contributed by atoms with E-state index in [1.54, 1.807) is 6.92 Å². The largest absolute Gasteiger partial charge is 0.416 e. The molecule has 0 aliphatic rings. The number of hydrogen-bond acceptors (Lipinski definition) is 6. The van der Waals surface area contributed by atoms with Gasteiger partial charge in [-0.25, -0.2) is 13.6 Å². The van der Waals surface area contributed by atoms with E-state index in [-0.39, 0.29) is 15.5 Å². The Bertz CT molecular complexity index is 1060. The summed E-state index contributed by atoms with van der Waals surface area (Å²) in [5.74, 6) is -0.788. The van der Waals surface area contributed by atoms with Crippen molar-refractivity contribution >= 4 is 33.4 Å². The summed E-state index contributed by atoms with van der Waals surface area (Å²) >= 11 is 0.729. The van der Waals surface area contributed by atoms with Gasteiger partial charge in [0, 0.05) is 6.07 Å². The molecule has 0 aliphatic carbocycles. The van der Waals surface area contributed by atoms with Crippen LogP contribution in [0.25, 0.3) is 0 Å². The third-order valence-corrected chi connectivity index (χ3v) is 5.92. The lowest BCUT2D eigenvalue weighted by atomic mass is 10.1. The molecule has 13 heteroatoms. The van der Waals surface area contributed by atoms with Crippen molar-refractivity contribution < 1.29 is 31.3 Å². The van der Waals surface area contributed by atoms with Gasteiger partial charge < -0.3 is 5.32 Å². The predicted octanol–water partition coefficient (Wildman–Crippen LogP) is 3.23. The van der Waals surface area contributed by atoms with Crippen molar-refractivity contribution in [1.82, 2.24) is 5.32 Å². The summed E-state index contributed by atoms with van der Waals surface area (Å²) in [6.07, 6.45) is -4.72. The fourth-order valence-corrected chi connectivity index (χ4v) is 3.75. The standard InChI is InChI=1S/C17H16F3N3O5S2/c1-10(11-2-5-13(6-3-11)30(21,27)28)22-16(24)9-29-15-7-4-12(17(18,19)20)8-14(15)23(25)26/h2-8,10H,9H2,1H3,(H,22,24)(H2,21,27,28). The molecular formula is C17H16F3N3O5S2. The van der Waals surface area contributed by atoms with Gasteiger partial charge in [-0.1, -0.05) is 12.1 Å². The Kier molecular flexibility index (Phi) is 7.10. The number of halogens is 3. The Hall–Kier alpha value is -2.64. The SMILES string of the molecule is CC(NC(=O)CSc1ccc(C(F)(F)F)cc1[N+](=O)[O-])c1ccc(S(N)(=O)=O)cc1. The van der Waals surface area contributed by atoms with Gasteiger partial charge in [0.25, 0.3) is 5.69 Å². The van der Waals surface area contributed by atoms with E-state index >= 15 is 0 Å². The number of carbonyl (C=O) groups is 1. The van der Waals surface area contributed by atoms with Crippen molar-refractivity contribution in [2.75, 3.05) is 5.75 Å². The van der Waals surface area contributed by atoms with Crippen LogP contribution in [0.4, 0.5) is 18.9 Å². The fraction of sp³-hybridized carbons (Fsp3) is 0.235. The number of nitrogens with one attached hydrogen (secondary N) is 1. The molecule has 2 aromatic rings. The Morgan fingerprint density at radius 3 is 2.33 bits per heavy atom. The molecule has 0 heterocycles. The second-order valence-electron chi connectivity index (χ2n) is 6.13. The molecule has 3 N–H and O–H groups in total. The quantitative estimate of drug-likeness (QED) is 0.368. The van der Waals surface area contributed by atoms with Crippen LogP contribution in [0.2, 0.25) is 0 Å². The topological polar surface area (TPSA) is 132 Å². The molecule has 2 rings (SSSR count). The smallest absolute Gasteiger partial charge is 0.349 e. The van der Waals surface area contributed by atoms with E-state index < -0.39 is 44.3 Å². The number of nitro benzene ring substituents is 1. The lowest BCUT2D eigenvalue weighted by Gasteiger charge is -2.15. The van der Waals surface area contributed by atoms with E-state index in [0.717, 1.165) is 17.8 Å². The van der Waals surface area contributed by atoms with Gasteiger partial charge in [-0.05, 0) is 36.8 Å². The monoisotopic (exact) mass is 463 g/mol. The minimum absolute atomic E-state index is 0.0756. The van der Waals surface area contributed by atoms with Gasteiger partial charge in [-0.15, -0.1) is 11.8 Å². The zero-order valence-corrected chi connectivity index (χ0v) is 17.0. The molecule has 0 aromatic heterocycles. The van der Waals surface area contributed by atoms with Gasteiger partial charge in [0.2, 0.25) is 15.9 Å². The second-order valence-corrected chi connectivity index (χ2v) is 8.71. The van der Waals surface area contributed by atoms with E-state index in [0.29, 0.717) is 17.7 Å². The first-order valence-corrected chi connectivity index (χ1v) is 10.7. The Balaban J connectivity index is 2.04. The van der Waals surface area contributed by atoms with Crippen molar-refractivity contribution in [2.45, 2.75) is 28.9 Å². The molecule has 0 bridgehead atoms. The van der Waals surface area contributed by atoms with Crippen molar-refractivity contribution in [3.63, 3.8) is 0 Å². The number of alkyl halides is 3. The Morgan fingerprint density at radius 2 is 1.83 bits per heavy atom. The number of hydrogen-bond donors (Lipinski definition) is 2. The van der Waals surface area contributed by atoms with E-state index in [1.807, 2.05) is 0 Å². The van der Waals surface area contributed by atoms with Gasteiger partial charge >= 0.3 is 6.18 Å². The highest BCUT2D eigenvalue weighted by molar-refractivity contribution is 8.00. The van der Waals surface area contributed by atoms with E-state index in [4.69, 9.17) is 5.14 Å². The van der Waals surface area contributed by atoms with Crippen LogP contribution >= 0.6 is 11.8 Å². The van der Waals surface area contributed by atoms with E-state index in [9.17, 15) is 36.5 Å². The van der Waals surface area contributed by atoms with Crippen molar-refractivity contribution in [3.05, 3.63) is 63.7 Å². The molecule has 0 spiro atoms. The summed E-state index contributed by atoms with van der Waals surface area (Å²) in [4.78, 5) is 22.1. The number of primary sulfonamides is 1. The van der Waals surface area contributed by atoms with Gasteiger partial charge in [0.05, 0.1) is 32.1 Å². The lowest BCUT2D eigenvalue weighted by Crippen LogP contribution is -2.28. The molecular weight excluding hydrogens is 447 g/mol. The Morgan fingerprint density at radius 1 is 1.23 bits per heavy atom. The van der Waals surface area contributed by atoms with Crippen LogP contribution in [0.1, 0.15) is 24.1 Å². The molecule has 2 aromatic carbocycles. The Labute approximate surface area is 173 Å².